The first kappa shape index (κ1) is 10.2. The van der Waals surface area contributed by atoms with Gasteiger partial charge < -0.3 is 10.6 Å². The van der Waals surface area contributed by atoms with Gasteiger partial charge in [0.25, 0.3) is 5.91 Å². The highest BCUT2D eigenvalue weighted by molar-refractivity contribution is 5.92. The Labute approximate surface area is 88.8 Å². The zero-order valence-corrected chi connectivity index (χ0v) is 9.08. The number of nitrogens with zero attached hydrogens (tertiary/aromatic N) is 2. The van der Waals surface area contributed by atoms with Gasteiger partial charge in [-0.25, -0.2) is 0 Å². The van der Waals surface area contributed by atoms with Crippen LogP contribution in [0.1, 0.15) is 23.1 Å². The lowest BCUT2D eigenvalue weighted by atomic mass is 10.2. The molecule has 0 bridgehead atoms. The van der Waals surface area contributed by atoms with E-state index in [0.29, 0.717) is 5.69 Å². The van der Waals surface area contributed by atoms with Gasteiger partial charge >= 0.3 is 0 Å². The van der Waals surface area contributed by atoms with E-state index in [-0.39, 0.29) is 11.9 Å². The molecule has 1 fully saturated rings. The van der Waals surface area contributed by atoms with E-state index in [9.17, 15) is 4.79 Å². The van der Waals surface area contributed by atoms with Crippen molar-refractivity contribution < 1.29 is 4.79 Å². The molecule has 1 aromatic rings. The van der Waals surface area contributed by atoms with Crippen LogP contribution in [0.5, 0.6) is 0 Å². The molecule has 0 atom stereocenters. The number of aryl methyl sites for hydroxylation is 2. The second kappa shape index (κ2) is 4.02. The van der Waals surface area contributed by atoms with E-state index in [1.807, 2.05) is 13.0 Å². The molecule has 1 aliphatic rings. The zero-order chi connectivity index (χ0) is 10.8. The number of carbonyl (C=O) groups excluding carboxylic acids is 1. The van der Waals surface area contributed by atoms with Gasteiger partial charge in [0.15, 0.2) is 0 Å². The number of rotatable bonds is 3. The first-order valence-corrected chi connectivity index (χ1v) is 5.25. The molecule has 1 amide bonds. The molecular weight excluding hydrogens is 192 g/mol. The van der Waals surface area contributed by atoms with Crippen LogP contribution in [-0.4, -0.2) is 34.8 Å². The third kappa shape index (κ3) is 2.02. The van der Waals surface area contributed by atoms with Gasteiger partial charge in [-0.05, 0) is 12.5 Å². The van der Waals surface area contributed by atoms with Gasteiger partial charge in [-0.15, -0.1) is 0 Å². The van der Waals surface area contributed by atoms with Crippen molar-refractivity contribution in [3.63, 3.8) is 0 Å². The normalized spacial score (nSPS) is 16.1. The molecule has 1 saturated heterocycles. The van der Waals surface area contributed by atoms with Crippen molar-refractivity contribution in [1.82, 2.24) is 20.4 Å². The van der Waals surface area contributed by atoms with Crippen molar-refractivity contribution in [1.29, 1.82) is 0 Å². The van der Waals surface area contributed by atoms with Crippen LogP contribution in [0.15, 0.2) is 6.07 Å². The van der Waals surface area contributed by atoms with Gasteiger partial charge in [0.05, 0.1) is 11.7 Å². The molecule has 2 heterocycles. The largest absolute Gasteiger partial charge is 0.345 e. The number of hydrogen-bond donors (Lipinski definition) is 2. The molecule has 2 rings (SSSR count). The number of nitrogens with one attached hydrogen (secondary N) is 2. The third-order valence-corrected chi connectivity index (χ3v) is 2.64. The average Bonchev–Trinajstić information content (AvgIpc) is 2.53. The Morgan fingerprint density at radius 2 is 2.47 bits per heavy atom. The number of carbonyl (C=O) groups is 1. The molecule has 5 nitrogen and oxygen atoms in total. The van der Waals surface area contributed by atoms with Crippen LogP contribution < -0.4 is 10.6 Å². The van der Waals surface area contributed by atoms with Crippen LogP contribution >= 0.6 is 0 Å². The van der Waals surface area contributed by atoms with Gasteiger partial charge in [0, 0.05) is 20.1 Å². The number of amides is 1. The monoisotopic (exact) mass is 208 g/mol. The molecular formula is C10H16N4O. The van der Waals surface area contributed by atoms with Crippen molar-refractivity contribution in [2.75, 3.05) is 13.1 Å². The lowest BCUT2D eigenvalue weighted by Gasteiger charge is -2.27. The minimum absolute atomic E-state index is 0.0313. The van der Waals surface area contributed by atoms with E-state index in [1.165, 1.54) is 0 Å². The van der Waals surface area contributed by atoms with E-state index in [4.69, 9.17) is 0 Å². The maximum atomic E-state index is 11.8. The van der Waals surface area contributed by atoms with E-state index < -0.39 is 0 Å². The molecule has 2 N–H and O–H groups in total. The Bertz CT molecular complexity index is 367. The molecule has 0 spiro atoms. The molecule has 15 heavy (non-hydrogen) atoms. The highest BCUT2D eigenvalue weighted by atomic mass is 16.2. The fourth-order valence-corrected chi connectivity index (χ4v) is 1.56. The summed E-state index contributed by atoms with van der Waals surface area (Å²) in [4.78, 5) is 11.8. The van der Waals surface area contributed by atoms with Gasteiger partial charge in [-0.1, -0.05) is 6.92 Å². The summed E-state index contributed by atoms with van der Waals surface area (Å²) in [5.74, 6) is -0.0313. The van der Waals surface area contributed by atoms with Crippen molar-refractivity contribution in [2.45, 2.75) is 19.4 Å². The molecule has 0 aliphatic carbocycles. The van der Waals surface area contributed by atoms with Crippen LogP contribution in [0.2, 0.25) is 0 Å². The SMILES string of the molecule is CCc1cc(C(=O)NC2CNC2)n(C)n1. The van der Waals surface area contributed by atoms with Crippen LogP contribution in [0.3, 0.4) is 0 Å². The summed E-state index contributed by atoms with van der Waals surface area (Å²) >= 11 is 0. The Hall–Kier alpha value is -1.36. The summed E-state index contributed by atoms with van der Waals surface area (Å²) in [6.45, 7) is 3.76. The Kier molecular flexibility index (Phi) is 2.73. The summed E-state index contributed by atoms with van der Waals surface area (Å²) in [6, 6.07) is 2.12. The zero-order valence-electron chi connectivity index (χ0n) is 9.08. The molecule has 82 valence electrons. The highest BCUT2D eigenvalue weighted by Gasteiger charge is 2.21. The predicted octanol–water partition coefficient (Wildman–Crippen LogP) is -0.316. The second-order valence-electron chi connectivity index (χ2n) is 3.83. The summed E-state index contributed by atoms with van der Waals surface area (Å²) in [7, 11) is 1.80. The molecule has 5 heteroatoms. The quantitative estimate of drug-likeness (QED) is 0.716. The smallest absolute Gasteiger partial charge is 0.269 e. The lowest BCUT2D eigenvalue weighted by molar-refractivity contribution is 0.0914. The topological polar surface area (TPSA) is 59.0 Å². The first-order valence-electron chi connectivity index (χ1n) is 5.25. The first-order chi connectivity index (χ1) is 7.20. The molecule has 0 unspecified atom stereocenters. The van der Waals surface area contributed by atoms with Crippen LogP contribution in [0.4, 0.5) is 0 Å². The van der Waals surface area contributed by atoms with Gasteiger partial charge in [0.1, 0.15) is 5.69 Å². The standard InChI is InChI=1S/C10H16N4O/c1-3-7-4-9(14(2)13-7)10(15)12-8-5-11-6-8/h4,8,11H,3,5-6H2,1-2H3,(H,12,15). The minimum atomic E-state index is -0.0313. The molecule has 0 saturated carbocycles. The van der Waals surface area contributed by atoms with E-state index in [0.717, 1.165) is 25.2 Å². The molecule has 1 aliphatic heterocycles. The minimum Gasteiger partial charge on any atom is -0.345 e. The van der Waals surface area contributed by atoms with E-state index in [2.05, 4.69) is 15.7 Å². The number of aromatic nitrogens is 2. The van der Waals surface area contributed by atoms with Crippen molar-refractivity contribution in [3.05, 3.63) is 17.5 Å². The fourth-order valence-electron chi connectivity index (χ4n) is 1.56. The fraction of sp³-hybridized carbons (Fsp3) is 0.600. The Balaban J connectivity index is 2.06. The van der Waals surface area contributed by atoms with E-state index >= 15 is 0 Å². The maximum Gasteiger partial charge on any atom is 0.269 e. The molecule has 0 radical (unpaired) electrons. The lowest BCUT2D eigenvalue weighted by Crippen LogP contribution is -2.57. The van der Waals surface area contributed by atoms with Gasteiger partial charge in [-0.3, -0.25) is 9.48 Å². The predicted molar refractivity (Wildman–Crippen MR) is 56.7 cm³/mol. The summed E-state index contributed by atoms with van der Waals surface area (Å²) in [5, 5.41) is 10.3. The van der Waals surface area contributed by atoms with Crippen LogP contribution in [0, 0.1) is 0 Å². The number of hydrogen-bond acceptors (Lipinski definition) is 3. The summed E-state index contributed by atoms with van der Waals surface area (Å²) < 4.78 is 1.64. The summed E-state index contributed by atoms with van der Waals surface area (Å²) in [6.07, 6.45) is 0.853. The molecule has 0 aromatic carbocycles. The van der Waals surface area contributed by atoms with Gasteiger partial charge in [-0.2, -0.15) is 5.10 Å². The average molecular weight is 208 g/mol. The van der Waals surface area contributed by atoms with Gasteiger partial charge in [0.2, 0.25) is 0 Å². The van der Waals surface area contributed by atoms with Crippen molar-refractivity contribution in [3.8, 4) is 0 Å². The van der Waals surface area contributed by atoms with E-state index in [1.54, 1.807) is 11.7 Å². The Morgan fingerprint density at radius 1 is 1.73 bits per heavy atom. The second-order valence-corrected chi connectivity index (χ2v) is 3.83. The van der Waals surface area contributed by atoms with Crippen molar-refractivity contribution in [2.24, 2.45) is 7.05 Å². The van der Waals surface area contributed by atoms with Crippen LogP contribution in [0.25, 0.3) is 0 Å². The Morgan fingerprint density at radius 3 is 2.93 bits per heavy atom. The van der Waals surface area contributed by atoms with Crippen molar-refractivity contribution >= 4 is 5.91 Å². The molecule has 1 aromatic heterocycles. The van der Waals surface area contributed by atoms with Crippen LogP contribution in [-0.2, 0) is 13.5 Å². The highest BCUT2D eigenvalue weighted by Crippen LogP contribution is 2.04. The summed E-state index contributed by atoms with van der Waals surface area (Å²) in [5.41, 5.74) is 1.59. The third-order valence-electron chi connectivity index (χ3n) is 2.64. The maximum absolute atomic E-state index is 11.8.